The van der Waals surface area contributed by atoms with E-state index in [0.717, 1.165) is 0 Å². The van der Waals surface area contributed by atoms with Crippen LogP contribution in [0.1, 0.15) is 28.4 Å². The van der Waals surface area contributed by atoms with E-state index in [0.29, 0.717) is 39.2 Å². The largest absolute Gasteiger partial charge is 0.488 e. The number of likely N-dealkylation sites (N-methyl/N-ethyl adjacent to an activating group) is 1. The van der Waals surface area contributed by atoms with Gasteiger partial charge in [0.25, 0.3) is 5.91 Å². The maximum Gasteiger partial charge on any atom is 0.335 e. The molecule has 0 aliphatic carbocycles. The van der Waals surface area contributed by atoms with Gasteiger partial charge in [0.2, 0.25) is 0 Å². The van der Waals surface area contributed by atoms with E-state index in [1.54, 1.807) is 42.5 Å². The highest BCUT2D eigenvalue weighted by molar-refractivity contribution is 8.18. The van der Waals surface area contributed by atoms with Crippen molar-refractivity contribution in [2.24, 2.45) is 4.99 Å². The zero-order valence-electron chi connectivity index (χ0n) is 18.3. The van der Waals surface area contributed by atoms with Crippen molar-refractivity contribution < 1.29 is 23.8 Å². The molecule has 1 fully saturated rings. The number of thioether (sulfide) groups is 1. The minimum Gasteiger partial charge on any atom is -0.488 e. The van der Waals surface area contributed by atoms with Gasteiger partial charge in [0.1, 0.15) is 18.2 Å². The Bertz CT molecular complexity index is 1310. The number of nitrogens with zero attached hydrogens (tertiary/aromatic N) is 2. The second-order valence-corrected chi connectivity index (χ2v) is 8.34. The normalized spacial score (nSPS) is 15.8. The van der Waals surface area contributed by atoms with Gasteiger partial charge >= 0.3 is 5.97 Å². The standard InChI is InChI=1S/C26H21FN2O4S/c1-2-29-24(30)23(34-26(29)28-20-11-7-10-18(14-20)25(31)32)15-17-8-4-6-13-22(17)33-16-19-9-3-5-12-21(19)27/h3-15H,2,16H2,1H3,(H,31,32)/b23-15-,28-26?. The van der Waals surface area contributed by atoms with Gasteiger partial charge in [0.05, 0.1) is 16.2 Å². The predicted octanol–water partition coefficient (Wildman–Crippen LogP) is 5.73. The Morgan fingerprint density at radius 2 is 1.88 bits per heavy atom. The van der Waals surface area contributed by atoms with Gasteiger partial charge in [-0.1, -0.05) is 42.5 Å². The molecule has 0 unspecified atom stereocenters. The van der Waals surface area contributed by atoms with Crippen molar-refractivity contribution in [3.8, 4) is 5.75 Å². The molecule has 1 amide bonds. The number of hydrogen-bond acceptors (Lipinski definition) is 5. The zero-order chi connectivity index (χ0) is 24.1. The Hall–Kier alpha value is -3.91. The van der Waals surface area contributed by atoms with Gasteiger partial charge in [-0.3, -0.25) is 9.69 Å². The fraction of sp³-hybridized carbons (Fsp3) is 0.115. The number of para-hydroxylation sites is 1. The predicted molar refractivity (Wildman–Crippen MR) is 131 cm³/mol. The smallest absolute Gasteiger partial charge is 0.335 e. The molecule has 3 aromatic rings. The molecule has 6 nitrogen and oxygen atoms in total. The summed E-state index contributed by atoms with van der Waals surface area (Å²) in [4.78, 5) is 30.8. The fourth-order valence-corrected chi connectivity index (χ4v) is 4.39. The summed E-state index contributed by atoms with van der Waals surface area (Å²) < 4.78 is 19.8. The molecule has 0 saturated carbocycles. The Labute approximate surface area is 200 Å². The average Bonchev–Trinajstić information content (AvgIpc) is 3.13. The summed E-state index contributed by atoms with van der Waals surface area (Å²) in [5.74, 6) is -1.07. The minimum absolute atomic E-state index is 0.0572. The first-order chi connectivity index (χ1) is 16.5. The molecule has 1 aliphatic rings. The SMILES string of the molecule is CCN1C(=O)/C(=C/c2ccccc2OCc2ccccc2F)SC1=Nc1cccc(C(=O)O)c1. The van der Waals surface area contributed by atoms with Crippen molar-refractivity contribution in [3.63, 3.8) is 0 Å². The molecule has 1 saturated heterocycles. The van der Waals surface area contributed by atoms with E-state index in [1.807, 2.05) is 25.1 Å². The van der Waals surface area contributed by atoms with Crippen LogP contribution >= 0.6 is 11.8 Å². The topological polar surface area (TPSA) is 79.2 Å². The summed E-state index contributed by atoms with van der Waals surface area (Å²) in [7, 11) is 0. The van der Waals surface area contributed by atoms with E-state index in [1.165, 1.54) is 34.9 Å². The van der Waals surface area contributed by atoms with Gasteiger partial charge < -0.3 is 9.84 Å². The maximum atomic E-state index is 14.0. The van der Waals surface area contributed by atoms with Crippen LogP contribution in [0.15, 0.2) is 82.7 Å². The van der Waals surface area contributed by atoms with E-state index in [-0.39, 0.29) is 23.9 Å². The number of ether oxygens (including phenoxy) is 1. The minimum atomic E-state index is -1.04. The van der Waals surface area contributed by atoms with E-state index < -0.39 is 5.97 Å². The molecule has 4 rings (SSSR count). The van der Waals surface area contributed by atoms with Crippen LogP contribution in [-0.2, 0) is 11.4 Å². The van der Waals surface area contributed by atoms with Crippen molar-refractivity contribution >= 4 is 40.6 Å². The molecule has 0 bridgehead atoms. The van der Waals surface area contributed by atoms with Crippen LogP contribution in [0, 0.1) is 5.82 Å². The quantitative estimate of drug-likeness (QED) is 0.441. The lowest BCUT2D eigenvalue weighted by molar-refractivity contribution is -0.122. The molecule has 0 spiro atoms. The van der Waals surface area contributed by atoms with Gasteiger partial charge in [0, 0.05) is 17.7 Å². The van der Waals surface area contributed by atoms with Gasteiger partial charge in [-0.05, 0) is 55.1 Å². The number of carboxylic acids is 1. The van der Waals surface area contributed by atoms with Crippen LogP contribution in [0.5, 0.6) is 5.75 Å². The first kappa shape index (κ1) is 23.3. The van der Waals surface area contributed by atoms with Crippen molar-refractivity contribution in [1.82, 2.24) is 4.90 Å². The first-order valence-corrected chi connectivity index (χ1v) is 11.4. The summed E-state index contributed by atoms with van der Waals surface area (Å²) in [5, 5.41) is 9.68. The summed E-state index contributed by atoms with van der Waals surface area (Å²) >= 11 is 1.21. The molecule has 0 radical (unpaired) electrons. The molecule has 172 valence electrons. The molecule has 0 atom stereocenters. The molecular weight excluding hydrogens is 455 g/mol. The molecular formula is C26H21FN2O4S. The van der Waals surface area contributed by atoms with E-state index in [2.05, 4.69) is 4.99 Å². The highest BCUT2D eigenvalue weighted by Crippen LogP contribution is 2.35. The number of amides is 1. The number of benzene rings is 3. The molecule has 1 heterocycles. The molecule has 1 aliphatic heterocycles. The van der Waals surface area contributed by atoms with Crippen LogP contribution in [0.25, 0.3) is 6.08 Å². The Kier molecular flexibility index (Phi) is 7.08. The second-order valence-electron chi connectivity index (χ2n) is 7.33. The average molecular weight is 477 g/mol. The number of carbonyl (C=O) groups is 2. The van der Waals surface area contributed by atoms with Crippen LogP contribution < -0.4 is 4.74 Å². The summed E-state index contributed by atoms with van der Waals surface area (Å²) in [6.45, 7) is 2.31. The third kappa shape index (κ3) is 5.18. The van der Waals surface area contributed by atoms with E-state index in [4.69, 9.17) is 4.74 Å². The van der Waals surface area contributed by atoms with Crippen LogP contribution in [0.2, 0.25) is 0 Å². The second kappa shape index (κ2) is 10.4. The Morgan fingerprint density at radius 1 is 1.12 bits per heavy atom. The van der Waals surface area contributed by atoms with E-state index >= 15 is 0 Å². The molecule has 8 heteroatoms. The van der Waals surface area contributed by atoms with E-state index in [9.17, 15) is 19.1 Å². The van der Waals surface area contributed by atoms with Crippen LogP contribution in [-0.4, -0.2) is 33.6 Å². The maximum absolute atomic E-state index is 14.0. The number of halogens is 1. The lowest BCUT2D eigenvalue weighted by Gasteiger charge is -2.12. The highest BCUT2D eigenvalue weighted by Gasteiger charge is 2.32. The number of carbonyl (C=O) groups excluding carboxylic acids is 1. The Balaban J connectivity index is 1.60. The van der Waals surface area contributed by atoms with Crippen LogP contribution in [0.3, 0.4) is 0 Å². The van der Waals surface area contributed by atoms with Crippen molar-refractivity contribution in [2.45, 2.75) is 13.5 Å². The number of carboxylic acid groups (broad SMARTS) is 1. The summed E-state index contributed by atoms with van der Waals surface area (Å²) in [5.41, 5.74) is 1.69. The zero-order valence-corrected chi connectivity index (χ0v) is 19.1. The molecule has 0 aromatic heterocycles. The molecule has 3 aromatic carbocycles. The number of aliphatic imine (C=N–C) groups is 1. The van der Waals surface area contributed by atoms with Gasteiger partial charge in [-0.25, -0.2) is 14.2 Å². The summed E-state index contributed by atoms with van der Waals surface area (Å²) in [6, 6.07) is 19.9. The first-order valence-electron chi connectivity index (χ1n) is 10.5. The third-order valence-electron chi connectivity index (χ3n) is 5.07. The van der Waals surface area contributed by atoms with Gasteiger partial charge in [-0.15, -0.1) is 0 Å². The lowest BCUT2D eigenvalue weighted by atomic mass is 10.1. The molecule has 1 N–H and O–H groups in total. The monoisotopic (exact) mass is 476 g/mol. The van der Waals surface area contributed by atoms with Gasteiger partial charge in [-0.2, -0.15) is 0 Å². The highest BCUT2D eigenvalue weighted by atomic mass is 32.2. The van der Waals surface area contributed by atoms with Crippen molar-refractivity contribution in [3.05, 3.63) is 100 Å². The Morgan fingerprint density at radius 3 is 2.65 bits per heavy atom. The van der Waals surface area contributed by atoms with Crippen LogP contribution in [0.4, 0.5) is 10.1 Å². The number of aromatic carboxylic acids is 1. The van der Waals surface area contributed by atoms with Gasteiger partial charge in [0.15, 0.2) is 5.17 Å². The number of amidine groups is 1. The van der Waals surface area contributed by atoms with Crippen molar-refractivity contribution in [2.75, 3.05) is 6.54 Å². The fourth-order valence-electron chi connectivity index (χ4n) is 3.33. The van der Waals surface area contributed by atoms with Crippen molar-refractivity contribution in [1.29, 1.82) is 0 Å². The number of hydrogen-bond donors (Lipinski definition) is 1. The lowest BCUT2D eigenvalue weighted by Crippen LogP contribution is -2.28. The number of rotatable bonds is 7. The summed E-state index contributed by atoms with van der Waals surface area (Å²) in [6.07, 6.45) is 1.72. The third-order valence-corrected chi connectivity index (χ3v) is 6.08. The molecule has 34 heavy (non-hydrogen) atoms.